The number of benzene rings is 1. The number of aromatic nitrogens is 1. The van der Waals surface area contributed by atoms with Crippen LogP contribution in [0.4, 0.5) is 10.2 Å². The van der Waals surface area contributed by atoms with E-state index in [0.717, 1.165) is 11.1 Å². The molecule has 1 aromatic carbocycles. The summed E-state index contributed by atoms with van der Waals surface area (Å²) in [5, 5.41) is 0. The molecule has 0 aliphatic rings. The Morgan fingerprint density at radius 1 is 1.25 bits per heavy atom. The number of pyridine rings is 1. The average molecular weight is 388 g/mol. The highest BCUT2D eigenvalue weighted by Crippen LogP contribution is 2.29. The summed E-state index contributed by atoms with van der Waals surface area (Å²) >= 11 is 1.93. The van der Waals surface area contributed by atoms with E-state index in [1.165, 1.54) is 0 Å². The van der Waals surface area contributed by atoms with Gasteiger partial charge in [0.15, 0.2) is 11.6 Å². The van der Waals surface area contributed by atoms with Gasteiger partial charge < -0.3 is 15.2 Å². The molecule has 106 valence electrons. The molecular weight excluding hydrogens is 374 g/mol. The highest BCUT2D eigenvalue weighted by molar-refractivity contribution is 14.1. The molecule has 4 nitrogen and oxygen atoms in total. The zero-order valence-electron chi connectivity index (χ0n) is 11.1. The monoisotopic (exact) mass is 388 g/mol. The number of halogens is 2. The topological polar surface area (TPSA) is 57.4 Å². The van der Waals surface area contributed by atoms with Gasteiger partial charge in [-0.05, 0) is 39.8 Å². The predicted octanol–water partition coefficient (Wildman–Crippen LogP) is 3.02. The van der Waals surface area contributed by atoms with E-state index in [9.17, 15) is 4.39 Å². The summed E-state index contributed by atoms with van der Waals surface area (Å²) < 4.78 is 24.7. The number of anilines is 1. The maximum Gasteiger partial charge on any atom is 0.178 e. The Balaban J connectivity index is 2.37. The number of nitrogens with zero attached hydrogens (tertiary/aromatic N) is 1. The average Bonchev–Trinajstić information content (AvgIpc) is 2.48. The zero-order valence-corrected chi connectivity index (χ0v) is 13.3. The van der Waals surface area contributed by atoms with Crippen LogP contribution in [0.15, 0.2) is 24.4 Å². The number of methoxy groups -OCH3 is 2. The van der Waals surface area contributed by atoms with Gasteiger partial charge in [0, 0.05) is 18.7 Å². The van der Waals surface area contributed by atoms with E-state index in [1.54, 1.807) is 26.5 Å². The van der Waals surface area contributed by atoms with Gasteiger partial charge in [0.1, 0.15) is 11.5 Å². The fourth-order valence-electron chi connectivity index (χ4n) is 1.84. The van der Waals surface area contributed by atoms with Crippen molar-refractivity contribution >= 4 is 28.4 Å². The summed E-state index contributed by atoms with van der Waals surface area (Å²) in [6.07, 6.45) is 2.10. The second-order valence-corrected chi connectivity index (χ2v) is 5.23. The summed E-state index contributed by atoms with van der Waals surface area (Å²) in [6.45, 7) is 0. The molecule has 0 fully saturated rings. The van der Waals surface area contributed by atoms with Crippen LogP contribution in [0, 0.1) is 9.39 Å². The minimum atomic E-state index is -0.476. The lowest BCUT2D eigenvalue weighted by atomic mass is 10.1. The van der Waals surface area contributed by atoms with Crippen LogP contribution in [0.5, 0.6) is 11.5 Å². The van der Waals surface area contributed by atoms with Crippen LogP contribution in [0.3, 0.4) is 0 Å². The molecular formula is C14H14FIN2O2. The lowest BCUT2D eigenvalue weighted by Gasteiger charge is -2.12. The number of nitrogens with two attached hydrogens (primary N) is 1. The van der Waals surface area contributed by atoms with Crippen molar-refractivity contribution in [3.63, 3.8) is 0 Å². The van der Waals surface area contributed by atoms with Crippen molar-refractivity contribution in [1.82, 2.24) is 4.98 Å². The van der Waals surface area contributed by atoms with Crippen molar-refractivity contribution in [1.29, 1.82) is 0 Å². The van der Waals surface area contributed by atoms with Crippen LogP contribution in [0.1, 0.15) is 11.1 Å². The molecule has 0 atom stereocenters. The van der Waals surface area contributed by atoms with Crippen molar-refractivity contribution < 1.29 is 13.9 Å². The Hall–Kier alpha value is -1.57. The fourth-order valence-corrected chi connectivity index (χ4v) is 2.45. The number of nitrogen functional groups attached to an aromatic ring is 1. The van der Waals surface area contributed by atoms with Crippen LogP contribution >= 0.6 is 22.6 Å². The molecule has 0 spiro atoms. The van der Waals surface area contributed by atoms with Crippen molar-refractivity contribution in [3.8, 4) is 11.5 Å². The maximum absolute atomic E-state index is 13.7. The Morgan fingerprint density at radius 2 is 2.00 bits per heavy atom. The highest BCUT2D eigenvalue weighted by atomic mass is 127. The largest absolute Gasteiger partial charge is 0.497 e. The molecule has 2 rings (SSSR count). The fraction of sp³-hybridized carbons (Fsp3) is 0.214. The normalized spacial score (nSPS) is 10.4. The summed E-state index contributed by atoms with van der Waals surface area (Å²) in [4.78, 5) is 3.86. The lowest BCUT2D eigenvalue weighted by molar-refractivity contribution is 0.391. The number of hydrogen-bond acceptors (Lipinski definition) is 4. The molecule has 2 aromatic rings. The second-order valence-electron chi connectivity index (χ2n) is 4.15. The first-order valence-electron chi connectivity index (χ1n) is 5.86. The van der Waals surface area contributed by atoms with Crippen molar-refractivity contribution in [2.45, 2.75) is 6.42 Å². The van der Waals surface area contributed by atoms with E-state index in [1.807, 2.05) is 34.7 Å². The Labute approximate surface area is 130 Å². The van der Waals surface area contributed by atoms with E-state index < -0.39 is 5.82 Å². The molecule has 0 unspecified atom stereocenters. The third-order valence-electron chi connectivity index (χ3n) is 2.93. The zero-order chi connectivity index (χ0) is 14.7. The highest BCUT2D eigenvalue weighted by Gasteiger charge is 2.13. The molecule has 2 N–H and O–H groups in total. The summed E-state index contributed by atoms with van der Waals surface area (Å²) in [7, 11) is 3.18. The summed E-state index contributed by atoms with van der Waals surface area (Å²) in [5.41, 5.74) is 7.14. The molecule has 0 bridgehead atoms. The van der Waals surface area contributed by atoms with Gasteiger partial charge >= 0.3 is 0 Å². The quantitative estimate of drug-likeness (QED) is 0.819. The molecule has 0 saturated carbocycles. The van der Waals surface area contributed by atoms with Crippen molar-refractivity contribution in [2.24, 2.45) is 0 Å². The minimum Gasteiger partial charge on any atom is -0.497 e. The standard InChI is InChI=1S/C14H14FIN2O2/c1-19-10-4-3-8(11(6-10)20-2)5-9-7-18-14(17)12(15)13(9)16/h3-4,6-7H,5H2,1-2H3,(H2,17,18). The Morgan fingerprint density at radius 3 is 2.65 bits per heavy atom. The predicted molar refractivity (Wildman–Crippen MR) is 83.7 cm³/mol. The molecule has 0 amide bonds. The SMILES string of the molecule is COc1ccc(Cc2cnc(N)c(F)c2I)c(OC)c1. The molecule has 6 heteroatoms. The molecule has 1 aromatic heterocycles. The lowest BCUT2D eigenvalue weighted by Crippen LogP contribution is -2.03. The number of ether oxygens (including phenoxy) is 2. The third kappa shape index (κ3) is 2.95. The number of rotatable bonds is 4. The van der Waals surface area contributed by atoms with Gasteiger partial charge in [0.05, 0.1) is 17.8 Å². The maximum atomic E-state index is 13.7. The van der Waals surface area contributed by atoms with Gasteiger partial charge in [-0.2, -0.15) is 0 Å². The molecule has 0 radical (unpaired) electrons. The molecule has 0 aliphatic carbocycles. The first-order chi connectivity index (χ1) is 9.56. The van der Waals surface area contributed by atoms with E-state index in [2.05, 4.69) is 4.98 Å². The van der Waals surface area contributed by atoms with E-state index >= 15 is 0 Å². The van der Waals surface area contributed by atoms with Crippen LogP contribution in [-0.4, -0.2) is 19.2 Å². The first kappa shape index (κ1) is 14.8. The Kier molecular flexibility index (Phi) is 4.64. The smallest absolute Gasteiger partial charge is 0.178 e. The van der Waals surface area contributed by atoms with Crippen LogP contribution in [0.2, 0.25) is 0 Å². The number of hydrogen-bond donors (Lipinski definition) is 1. The summed E-state index contributed by atoms with van der Waals surface area (Å²) in [6, 6.07) is 5.52. The first-order valence-corrected chi connectivity index (χ1v) is 6.94. The van der Waals surface area contributed by atoms with Crippen molar-refractivity contribution in [3.05, 3.63) is 44.9 Å². The van der Waals surface area contributed by atoms with Crippen LogP contribution in [-0.2, 0) is 6.42 Å². The second kappa shape index (κ2) is 6.25. The van der Waals surface area contributed by atoms with Gasteiger partial charge in [-0.3, -0.25) is 0 Å². The van der Waals surface area contributed by atoms with Crippen LogP contribution in [0.25, 0.3) is 0 Å². The van der Waals surface area contributed by atoms with Crippen molar-refractivity contribution in [2.75, 3.05) is 20.0 Å². The molecule has 1 heterocycles. The van der Waals surface area contributed by atoms with E-state index in [-0.39, 0.29) is 5.82 Å². The van der Waals surface area contributed by atoms with Gasteiger partial charge in [-0.1, -0.05) is 6.07 Å². The molecule has 0 saturated heterocycles. The van der Waals surface area contributed by atoms with E-state index in [4.69, 9.17) is 15.2 Å². The van der Waals surface area contributed by atoms with Gasteiger partial charge in [0.2, 0.25) is 0 Å². The minimum absolute atomic E-state index is 0.0835. The van der Waals surface area contributed by atoms with Gasteiger partial charge in [-0.15, -0.1) is 0 Å². The molecule has 20 heavy (non-hydrogen) atoms. The van der Waals surface area contributed by atoms with Gasteiger partial charge in [-0.25, -0.2) is 9.37 Å². The summed E-state index contributed by atoms with van der Waals surface area (Å²) in [5.74, 6) is 0.842. The third-order valence-corrected chi connectivity index (χ3v) is 4.10. The van der Waals surface area contributed by atoms with Gasteiger partial charge in [0.25, 0.3) is 0 Å². The van der Waals surface area contributed by atoms with Crippen LogP contribution < -0.4 is 15.2 Å². The van der Waals surface area contributed by atoms with E-state index in [0.29, 0.717) is 21.5 Å². The molecule has 0 aliphatic heterocycles. The Bertz CT molecular complexity index is 635.